The van der Waals surface area contributed by atoms with Crippen LogP contribution in [0.2, 0.25) is 0 Å². The van der Waals surface area contributed by atoms with Crippen molar-refractivity contribution in [1.82, 2.24) is 10.2 Å². The first kappa shape index (κ1) is 11.2. The summed E-state index contributed by atoms with van der Waals surface area (Å²) in [5, 5.41) is 11.2. The average Bonchev–Trinajstić information content (AvgIpc) is 2.75. The van der Waals surface area contributed by atoms with Crippen molar-refractivity contribution in [2.45, 2.75) is 32.2 Å². The third-order valence-electron chi connectivity index (χ3n) is 3.72. The predicted octanol–water partition coefficient (Wildman–Crippen LogP) is 0.901. The molecule has 1 aliphatic carbocycles. The van der Waals surface area contributed by atoms with E-state index in [0.29, 0.717) is 11.8 Å². The fraction of sp³-hybridized carbons (Fsp3) is 0.818. The molecule has 1 saturated heterocycles. The van der Waals surface area contributed by atoms with Gasteiger partial charge in [0.15, 0.2) is 0 Å². The van der Waals surface area contributed by atoms with Crippen LogP contribution in [0, 0.1) is 11.8 Å². The molecule has 1 aliphatic heterocycles. The van der Waals surface area contributed by atoms with Crippen LogP contribution in [0.3, 0.4) is 0 Å². The minimum Gasteiger partial charge on any atom is -0.480 e. The molecule has 0 aromatic heterocycles. The molecule has 3 unspecified atom stereocenters. The summed E-state index contributed by atoms with van der Waals surface area (Å²) in [6.07, 6.45) is 3.70. The lowest BCUT2D eigenvalue weighted by Gasteiger charge is -2.19. The van der Waals surface area contributed by atoms with Gasteiger partial charge in [0.2, 0.25) is 0 Å². The van der Waals surface area contributed by atoms with Crippen molar-refractivity contribution in [1.29, 1.82) is 0 Å². The van der Waals surface area contributed by atoms with Crippen LogP contribution in [0.5, 0.6) is 0 Å². The first-order valence-electron chi connectivity index (χ1n) is 5.86. The Hall–Kier alpha value is -1.26. The maximum Gasteiger partial charge on any atom is 0.325 e. The van der Waals surface area contributed by atoms with Crippen molar-refractivity contribution in [2.75, 3.05) is 13.1 Å². The highest BCUT2D eigenvalue weighted by molar-refractivity contribution is 5.82. The Balaban J connectivity index is 1.85. The Labute approximate surface area is 94.8 Å². The summed E-state index contributed by atoms with van der Waals surface area (Å²) >= 11 is 0. The van der Waals surface area contributed by atoms with Gasteiger partial charge in [0.1, 0.15) is 6.04 Å². The Morgan fingerprint density at radius 3 is 2.38 bits per heavy atom. The number of carbonyl (C=O) groups is 2. The second-order valence-corrected chi connectivity index (χ2v) is 4.87. The van der Waals surface area contributed by atoms with E-state index in [9.17, 15) is 9.59 Å². The molecule has 5 heteroatoms. The Kier molecular flexibility index (Phi) is 3.03. The molecule has 5 nitrogen and oxygen atoms in total. The van der Waals surface area contributed by atoms with E-state index in [2.05, 4.69) is 5.32 Å². The molecule has 2 amide bonds. The van der Waals surface area contributed by atoms with Crippen molar-refractivity contribution >= 4 is 12.0 Å². The van der Waals surface area contributed by atoms with E-state index in [1.165, 1.54) is 26.2 Å². The minimum absolute atomic E-state index is 0.232. The van der Waals surface area contributed by atoms with Gasteiger partial charge < -0.3 is 15.3 Å². The molecule has 1 saturated carbocycles. The second-order valence-electron chi connectivity index (χ2n) is 4.87. The van der Waals surface area contributed by atoms with Crippen molar-refractivity contribution in [3.8, 4) is 0 Å². The van der Waals surface area contributed by atoms with Gasteiger partial charge in [-0.05, 0) is 31.6 Å². The van der Waals surface area contributed by atoms with Crippen LogP contribution in [0.1, 0.15) is 26.2 Å². The lowest BCUT2D eigenvalue weighted by molar-refractivity contribution is -0.138. The van der Waals surface area contributed by atoms with Gasteiger partial charge in [0.25, 0.3) is 0 Å². The summed E-state index contributed by atoms with van der Waals surface area (Å²) < 4.78 is 0. The van der Waals surface area contributed by atoms with Crippen molar-refractivity contribution < 1.29 is 14.7 Å². The molecule has 0 aromatic rings. The van der Waals surface area contributed by atoms with Gasteiger partial charge >= 0.3 is 12.0 Å². The fourth-order valence-electron chi connectivity index (χ4n) is 2.74. The van der Waals surface area contributed by atoms with Crippen LogP contribution in [0.4, 0.5) is 4.79 Å². The summed E-state index contributed by atoms with van der Waals surface area (Å²) in [5.41, 5.74) is 0. The highest BCUT2D eigenvalue weighted by atomic mass is 16.4. The summed E-state index contributed by atoms with van der Waals surface area (Å²) in [7, 11) is 0. The van der Waals surface area contributed by atoms with Gasteiger partial charge in [0, 0.05) is 13.1 Å². The molecular weight excluding hydrogens is 208 g/mol. The second kappa shape index (κ2) is 4.31. The zero-order valence-electron chi connectivity index (χ0n) is 9.48. The molecule has 0 radical (unpaired) electrons. The van der Waals surface area contributed by atoms with E-state index in [1.807, 2.05) is 0 Å². The number of amides is 2. The SMILES string of the molecule is CC(NC(=O)N1CC2CCCC2C1)C(=O)O. The number of aliphatic carboxylic acids is 1. The zero-order valence-corrected chi connectivity index (χ0v) is 9.48. The van der Waals surface area contributed by atoms with Crippen molar-refractivity contribution in [3.05, 3.63) is 0 Å². The van der Waals surface area contributed by atoms with Gasteiger partial charge in [-0.25, -0.2) is 4.79 Å². The van der Waals surface area contributed by atoms with E-state index in [0.717, 1.165) is 13.1 Å². The number of fused-ring (bicyclic) bond motifs is 1. The van der Waals surface area contributed by atoms with Crippen LogP contribution < -0.4 is 5.32 Å². The summed E-state index contributed by atoms with van der Waals surface area (Å²) in [5.74, 6) is 0.296. The molecule has 0 bridgehead atoms. The molecule has 1 heterocycles. The maximum absolute atomic E-state index is 11.7. The van der Waals surface area contributed by atoms with Gasteiger partial charge in [0.05, 0.1) is 0 Å². The number of rotatable bonds is 2. The van der Waals surface area contributed by atoms with E-state index in [-0.39, 0.29) is 6.03 Å². The third kappa shape index (κ3) is 2.13. The van der Waals surface area contributed by atoms with Crippen molar-refractivity contribution in [2.24, 2.45) is 11.8 Å². The molecule has 0 spiro atoms. The largest absolute Gasteiger partial charge is 0.480 e. The molecule has 2 fully saturated rings. The normalized spacial score (nSPS) is 29.9. The van der Waals surface area contributed by atoms with Gasteiger partial charge in [-0.15, -0.1) is 0 Å². The van der Waals surface area contributed by atoms with Gasteiger partial charge in [-0.3, -0.25) is 4.79 Å². The van der Waals surface area contributed by atoms with E-state index >= 15 is 0 Å². The molecule has 3 atom stereocenters. The van der Waals surface area contributed by atoms with Crippen LogP contribution in [0.15, 0.2) is 0 Å². The number of likely N-dealkylation sites (tertiary alicyclic amines) is 1. The van der Waals surface area contributed by atoms with Crippen LogP contribution in [-0.4, -0.2) is 41.1 Å². The van der Waals surface area contributed by atoms with Gasteiger partial charge in [-0.2, -0.15) is 0 Å². The average molecular weight is 226 g/mol. The monoisotopic (exact) mass is 226 g/mol. The predicted molar refractivity (Wildman–Crippen MR) is 58.0 cm³/mol. The number of hydrogen-bond acceptors (Lipinski definition) is 2. The molecule has 90 valence electrons. The number of hydrogen-bond donors (Lipinski definition) is 2. The molecular formula is C11H18N2O3. The van der Waals surface area contributed by atoms with E-state index < -0.39 is 12.0 Å². The molecule has 2 aliphatic rings. The molecule has 0 aromatic carbocycles. The number of nitrogens with one attached hydrogen (secondary N) is 1. The first-order valence-corrected chi connectivity index (χ1v) is 5.86. The topological polar surface area (TPSA) is 69.6 Å². The standard InChI is InChI=1S/C11H18N2O3/c1-7(10(14)15)12-11(16)13-5-8-3-2-4-9(8)6-13/h7-9H,2-6H2,1H3,(H,12,16)(H,14,15). The lowest BCUT2D eigenvalue weighted by Crippen LogP contribution is -2.46. The van der Waals surface area contributed by atoms with Crippen LogP contribution >= 0.6 is 0 Å². The number of nitrogens with zero attached hydrogens (tertiary/aromatic N) is 1. The number of carboxylic acids is 1. The number of carboxylic acid groups (broad SMARTS) is 1. The van der Waals surface area contributed by atoms with E-state index in [4.69, 9.17) is 5.11 Å². The maximum atomic E-state index is 11.7. The zero-order chi connectivity index (χ0) is 11.7. The fourth-order valence-corrected chi connectivity index (χ4v) is 2.74. The molecule has 2 rings (SSSR count). The highest BCUT2D eigenvalue weighted by Gasteiger charge is 2.38. The summed E-state index contributed by atoms with van der Waals surface area (Å²) in [6, 6.07) is -1.04. The highest BCUT2D eigenvalue weighted by Crippen LogP contribution is 2.37. The Morgan fingerprint density at radius 1 is 1.31 bits per heavy atom. The van der Waals surface area contributed by atoms with Crippen LogP contribution in [-0.2, 0) is 4.79 Å². The first-order chi connectivity index (χ1) is 7.58. The lowest BCUT2D eigenvalue weighted by atomic mass is 10.0. The van der Waals surface area contributed by atoms with E-state index in [1.54, 1.807) is 4.90 Å². The minimum atomic E-state index is -0.993. The Morgan fingerprint density at radius 2 is 1.88 bits per heavy atom. The van der Waals surface area contributed by atoms with Crippen molar-refractivity contribution in [3.63, 3.8) is 0 Å². The van der Waals surface area contributed by atoms with Gasteiger partial charge in [-0.1, -0.05) is 6.42 Å². The number of urea groups is 1. The van der Waals surface area contributed by atoms with Crippen LogP contribution in [0.25, 0.3) is 0 Å². The summed E-state index contributed by atoms with van der Waals surface area (Å²) in [6.45, 7) is 3.07. The molecule has 16 heavy (non-hydrogen) atoms. The third-order valence-corrected chi connectivity index (χ3v) is 3.72. The summed E-state index contributed by atoms with van der Waals surface area (Å²) in [4.78, 5) is 24.1. The quantitative estimate of drug-likeness (QED) is 0.735. The number of carbonyl (C=O) groups excluding carboxylic acids is 1. The molecule has 2 N–H and O–H groups in total. The smallest absolute Gasteiger partial charge is 0.325 e. The Bertz CT molecular complexity index is 294.